The van der Waals surface area contributed by atoms with Gasteiger partial charge in [0.05, 0.1) is 13.2 Å². The van der Waals surface area contributed by atoms with Gasteiger partial charge in [0.25, 0.3) is 0 Å². The van der Waals surface area contributed by atoms with Gasteiger partial charge in [-0.1, -0.05) is 42.5 Å². The number of fused-ring (bicyclic) bond motifs is 1. The molecule has 0 amide bonds. The van der Waals surface area contributed by atoms with Crippen molar-refractivity contribution in [3.05, 3.63) is 65.2 Å². The number of likely N-dealkylation sites (tertiary alicyclic amines) is 1. The van der Waals surface area contributed by atoms with Crippen LogP contribution in [0.25, 0.3) is 0 Å². The molecule has 2 aromatic rings. The SMILES string of the molecule is CCOc1ccccc1CN(CCOC)CC1CCCN(C2Cc3ccccc3C2)C1. The fraction of sp³-hybridized carbons (Fsp3) is 0.556. The topological polar surface area (TPSA) is 24.9 Å². The molecule has 1 aliphatic carbocycles. The third-order valence-corrected chi connectivity index (χ3v) is 6.89. The Morgan fingerprint density at radius 3 is 2.52 bits per heavy atom. The fourth-order valence-electron chi connectivity index (χ4n) is 5.36. The van der Waals surface area contributed by atoms with Crippen LogP contribution in [0.1, 0.15) is 36.5 Å². The quantitative estimate of drug-likeness (QED) is 0.566. The highest BCUT2D eigenvalue weighted by molar-refractivity contribution is 5.34. The average molecular weight is 423 g/mol. The first-order valence-corrected chi connectivity index (χ1v) is 12.0. The molecule has 0 saturated carbocycles. The maximum atomic E-state index is 5.88. The lowest BCUT2D eigenvalue weighted by Crippen LogP contribution is -2.46. The Hall–Kier alpha value is -1.88. The summed E-state index contributed by atoms with van der Waals surface area (Å²) in [5, 5.41) is 0. The molecule has 0 spiro atoms. The lowest BCUT2D eigenvalue weighted by molar-refractivity contribution is 0.0839. The van der Waals surface area contributed by atoms with Gasteiger partial charge in [0.15, 0.2) is 0 Å². The molecular weight excluding hydrogens is 384 g/mol. The molecular formula is C27H38N2O2. The van der Waals surface area contributed by atoms with Crippen LogP contribution in [0.2, 0.25) is 0 Å². The number of para-hydroxylation sites is 1. The van der Waals surface area contributed by atoms with Gasteiger partial charge >= 0.3 is 0 Å². The Morgan fingerprint density at radius 1 is 1.03 bits per heavy atom. The second-order valence-corrected chi connectivity index (χ2v) is 9.10. The van der Waals surface area contributed by atoms with Gasteiger partial charge in [-0.3, -0.25) is 9.80 Å². The molecule has 0 N–H and O–H groups in total. The molecule has 0 bridgehead atoms. The van der Waals surface area contributed by atoms with E-state index in [4.69, 9.17) is 9.47 Å². The smallest absolute Gasteiger partial charge is 0.123 e. The summed E-state index contributed by atoms with van der Waals surface area (Å²) in [5.74, 6) is 1.73. The van der Waals surface area contributed by atoms with E-state index < -0.39 is 0 Å². The molecule has 1 fully saturated rings. The minimum atomic E-state index is 0.686. The van der Waals surface area contributed by atoms with Crippen molar-refractivity contribution in [3.8, 4) is 5.75 Å². The van der Waals surface area contributed by atoms with Gasteiger partial charge in [-0.05, 0) is 62.3 Å². The van der Waals surface area contributed by atoms with Crippen LogP contribution in [0.4, 0.5) is 0 Å². The van der Waals surface area contributed by atoms with E-state index in [9.17, 15) is 0 Å². The highest BCUT2D eigenvalue weighted by Gasteiger charge is 2.31. The summed E-state index contributed by atoms with van der Waals surface area (Å²) >= 11 is 0. The predicted octanol–water partition coefficient (Wildman–Crippen LogP) is 4.41. The lowest BCUT2D eigenvalue weighted by Gasteiger charge is -2.39. The van der Waals surface area contributed by atoms with E-state index in [0.717, 1.165) is 32.0 Å². The van der Waals surface area contributed by atoms with E-state index in [0.29, 0.717) is 18.6 Å². The number of nitrogens with zero attached hydrogens (tertiary/aromatic N) is 2. The van der Waals surface area contributed by atoms with Crippen molar-refractivity contribution in [1.82, 2.24) is 9.80 Å². The Bertz CT molecular complexity index is 799. The third-order valence-electron chi connectivity index (χ3n) is 6.89. The fourth-order valence-corrected chi connectivity index (χ4v) is 5.36. The first-order valence-electron chi connectivity index (χ1n) is 12.0. The van der Waals surface area contributed by atoms with Crippen molar-refractivity contribution in [1.29, 1.82) is 0 Å². The van der Waals surface area contributed by atoms with Gasteiger partial charge in [-0.15, -0.1) is 0 Å². The Morgan fingerprint density at radius 2 is 1.77 bits per heavy atom. The molecule has 1 heterocycles. The van der Waals surface area contributed by atoms with E-state index in [2.05, 4.69) is 65.3 Å². The van der Waals surface area contributed by atoms with Gasteiger partial charge in [0.1, 0.15) is 5.75 Å². The second kappa shape index (κ2) is 11.1. The first kappa shape index (κ1) is 22.3. The maximum Gasteiger partial charge on any atom is 0.123 e. The normalized spacial score (nSPS) is 19.6. The number of hydrogen-bond donors (Lipinski definition) is 0. The molecule has 4 nitrogen and oxygen atoms in total. The van der Waals surface area contributed by atoms with Crippen LogP contribution in [0.5, 0.6) is 5.75 Å². The first-order chi connectivity index (χ1) is 15.3. The highest BCUT2D eigenvalue weighted by Crippen LogP contribution is 2.29. The average Bonchev–Trinajstić information content (AvgIpc) is 3.24. The summed E-state index contributed by atoms with van der Waals surface area (Å²) in [4.78, 5) is 5.34. The van der Waals surface area contributed by atoms with Gasteiger partial charge < -0.3 is 9.47 Å². The zero-order valence-electron chi connectivity index (χ0n) is 19.3. The van der Waals surface area contributed by atoms with Crippen molar-refractivity contribution in [2.45, 2.75) is 45.2 Å². The molecule has 1 unspecified atom stereocenters. The number of rotatable bonds is 10. The molecule has 0 radical (unpaired) electrons. The number of methoxy groups -OCH3 is 1. The summed E-state index contributed by atoms with van der Waals surface area (Å²) in [7, 11) is 1.80. The largest absolute Gasteiger partial charge is 0.494 e. The minimum absolute atomic E-state index is 0.686. The van der Waals surface area contributed by atoms with Crippen molar-refractivity contribution >= 4 is 0 Å². The molecule has 4 heteroatoms. The zero-order chi connectivity index (χ0) is 21.5. The second-order valence-electron chi connectivity index (χ2n) is 9.10. The summed E-state index contributed by atoms with van der Waals surface area (Å²) in [6.07, 6.45) is 5.08. The maximum absolute atomic E-state index is 5.88. The van der Waals surface area contributed by atoms with E-state index >= 15 is 0 Å². The molecule has 0 aromatic heterocycles. The van der Waals surface area contributed by atoms with Crippen molar-refractivity contribution < 1.29 is 9.47 Å². The summed E-state index contributed by atoms with van der Waals surface area (Å²) < 4.78 is 11.3. The van der Waals surface area contributed by atoms with E-state index in [1.807, 2.05) is 0 Å². The zero-order valence-corrected chi connectivity index (χ0v) is 19.3. The van der Waals surface area contributed by atoms with Crippen LogP contribution < -0.4 is 4.74 Å². The molecule has 1 saturated heterocycles. The molecule has 168 valence electrons. The Labute approximate surface area is 188 Å². The van der Waals surface area contributed by atoms with Crippen LogP contribution in [-0.2, 0) is 24.1 Å². The van der Waals surface area contributed by atoms with Crippen LogP contribution in [-0.4, -0.2) is 62.3 Å². The molecule has 31 heavy (non-hydrogen) atoms. The predicted molar refractivity (Wildman–Crippen MR) is 127 cm³/mol. The standard InChI is InChI=1S/C27H38N2O2/c1-3-31-27-13-7-6-12-25(27)21-28(15-16-30-2)19-22-9-8-14-29(20-22)26-17-23-10-4-5-11-24(23)18-26/h4-7,10-13,22,26H,3,8-9,14-21H2,1-2H3. The van der Waals surface area contributed by atoms with Crippen LogP contribution in [0.15, 0.2) is 48.5 Å². The molecule has 2 aliphatic rings. The number of hydrogen-bond acceptors (Lipinski definition) is 4. The lowest BCUT2D eigenvalue weighted by atomic mass is 9.95. The number of benzene rings is 2. The highest BCUT2D eigenvalue weighted by atomic mass is 16.5. The van der Waals surface area contributed by atoms with Crippen molar-refractivity contribution in [2.24, 2.45) is 5.92 Å². The third kappa shape index (κ3) is 5.88. The Kier molecular flexibility index (Phi) is 8.01. The van der Waals surface area contributed by atoms with Crippen LogP contribution in [0.3, 0.4) is 0 Å². The molecule has 4 rings (SSSR count). The van der Waals surface area contributed by atoms with Crippen molar-refractivity contribution in [2.75, 3.05) is 46.5 Å². The molecule has 1 aliphatic heterocycles. The van der Waals surface area contributed by atoms with Gasteiger partial charge in [0.2, 0.25) is 0 Å². The minimum Gasteiger partial charge on any atom is -0.494 e. The summed E-state index contributed by atoms with van der Waals surface area (Å²) in [6.45, 7) is 9.00. The van der Waals surface area contributed by atoms with Gasteiger partial charge in [0, 0.05) is 44.9 Å². The van der Waals surface area contributed by atoms with Gasteiger partial charge in [-0.2, -0.15) is 0 Å². The summed E-state index contributed by atoms with van der Waals surface area (Å²) in [5.41, 5.74) is 4.40. The number of piperidine rings is 1. The Balaban J connectivity index is 1.38. The van der Waals surface area contributed by atoms with E-state index in [1.54, 1.807) is 18.2 Å². The van der Waals surface area contributed by atoms with Crippen LogP contribution >= 0.6 is 0 Å². The number of ether oxygens (including phenoxy) is 2. The van der Waals surface area contributed by atoms with Crippen molar-refractivity contribution in [3.63, 3.8) is 0 Å². The molecule has 2 aromatic carbocycles. The summed E-state index contributed by atoms with van der Waals surface area (Å²) in [6, 6.07) is 18.2. The van der Waals surface area contributed by atoms with E-state index in [1.165, 1.54) is 44.3 Å². The van der Waals surface area contributed by atoms with E-state index in [-0.39, 0.29) is 0 Å². The monoisotopic (exact) mass is 422 g/mol. The van der Waals surface area contributed by atoms with Crippen LogP contribution in [0, 0.1) is 5.92 Å². The molecule has 1 atom stereocenters. The van der Waals surface area contributed by atoms with Gasteiger partial charge in [-0.25, -0.2) is 0 Å².